The topological polar surface area (TPSA) is 24.9 Å². The van der Waals surface area contributed by atoms with Crippen molar-refractivity contribution in [1.82, 2.24) is 10.3 Å². The summed E-state index contributed by atoms with van der Waals surface area (Å²) in [5.74, 6) is -0.201. The molecule has 16 heavy (non-hydrogen) atoms. The molecule has 4 heteroatoms. The normalized spacial score (nSPS) is 12.6. The number of benzene rings is 1. The number of aromatic nitrogens is 1. The Morgan fingerprint density at radius 3 is 2.69 bits per heavy atom. The Morgan fingerprint density at radius 1 is 1.38 bits per heavy atom. The standard InChI is InChI=1S/C12H13FN2S/c1-14-11(8-12-15-6-7-16-12)9-2-4-10(13)5-3-9/h2-7,11,14H,8H2,1H3. The molecular formula is C12H13FN2S. The molecule has 2 nitrogen and oxygen atoms in total. The third-order valence-electron chi connectivity index (χ3n) is 2.48. The van der Waals surface area contributed by atoms with Crippen LogP contribution in [-0.4, -0.2) is 12.0 Å². The van der Waals surface area contributed by atoms with Crippen LogP contribution in [0, 0.1) is 5.82 Å². The Bertz CT molecular complexity index is 425. The average molecular weight is 236 g/mol. The van der Waals surface area contributed by atoms with Crippen LogP contribution in [0.2, 0.25) is 0 Å². The predicted octanol–water partition coefficient (Wildman–Crippen LogP) is 2.79. The molecule has 0 bridgehead atoms. The van der Waals surface area contributed by atoms with Gasteiger partial charge >= 0.3 is 0 Å². The van der Waals surface area contributed by atoms with Gasteiger partial charge in [-0.15, -0.1) is 11.3 Å². The largest absolute Gasteiger partial charge is 0.313 e. The van der Waals surface area contributed by atoms with Crippen molar-refractivity contribution in [1.29, 1.82) is 0 Å². The van der Waals surface area contributed by atoms with Crippen LogP contribution in [0.3, 0.4) is 0 Å². The maximum Gasteiger partial charge on any atom is 0.123 e. The molecule has 0 aliphatic heterocycles. The zero-order valence-electron chi connectivity index (χ0n) is 8.98. The number of halogens is 1. The summed E-state index contributed by atoms with van der Waals surface area (Å²) in [5, 5.41) is 6.27. The van der Waals surface area contributed by atoms with Gasteiger partial charge in [0.2, 0.25) is 0 Å². The highest BCUT2D eigenvalue weighted by Crippen LogP contribution is 2.19. The number of hydrogen-bond acceptors (Lipinski definition) is 3. The number of thiazole rings is 1. The van der Waals surface area contributed by atoms with Crippen LogP contribution in [0.5, 0.6) is 0 Å². The summed E-state index contributed by atoms with van der Waals surface area (Å²) < 4.78 is 12.8. The second-order valence-corrected chi connectivity index (χ2v) is 4.50. The zero-order valence-corrected chi connectivity index (χ0v) is 9.80. The molecule has 0 aliphatic rings. The second-order valence-electron chi connectivity index (χ2n) is 3.52. The van der Waals surface area contributed by atoms with E-state index < -0.39 is 0 Å². The van der Waals surface area contributed by atoms with Crippen LogP contribution in [-0.2, 0) is 6.42 Å². The summed E-state index contributed by atoms with van der Waals surface area (Å²) in [6, 6.07) is 6.78. The van der Waals surface area contributed by atoms with Gasteiger partial charge in [-0.1, -0.05) is 12.1 Å². The lowest BCUT2D eigenvalue weighted by molar-refractivity contribution is 0.584. The van der Waals surface area contributed by atoms with Gasteiger partial charge in [-0.25, -0.2) is 9.37 Å². The van der Waals surface area contributed by atoms with Crippen LogP contribution in [0.25, 0.3) is 0 Å². The Labute approximate surface area is 98.2 Å². The predicted molar refractivity (Wildman–Crippen MR) is 64.0 cm³/mol. The van der Waals surface area contributed by atoms with Crippen molar-refractivity contribution in [3.8, 4) is 0 Å². The third kappa shape index (κ3) is 2.65. The minimum absolute atomic E-state index is 0.187. The Balaban J connectivity index is 2.13. The summed E-state index contributed by atoms with van der Waals surface area (Å²) in [4.78, 5) is 4.25. The van der Waals surface area contributed by atoms with Gasteiger partial charge in [0.15, 0.2) is 0 Å². The highest BCUT2D eigenvalue weighted by molar-refractivity contribution is 7.09. The summed E-state index contributed by atoms with van der Waals surface area (Å²) in [7, 11) is 1.90. The van der Waals surface area contributed by atoms with Gasteiger partial charge in [0.1, 0.15) is 5.82 Å². The number of nitrogens with one attached hydrogen (secondary N) is 1. The highest BCUT2D eigenvalue weighted by atomic mass is 32.1. The molecule has 0 saturated heterocycles. The van der Waals surface area contributed by atoms with E-state index in [1.807, 2.05) is 24.6 Å². The van der Waals surface area contributed by atoms with E-state index >= 15 is 0 Å². The van der Waals surface area contributed by atoms with Crippen molar-refractivity contribution in [3.05, 3.63) is 52.2 Å². The van der Waals surface area contributed by atoms with Crippen LogP contribution in [0.4, 0.5) is 4.39 Å². The van der Waals surface area contributed by atoms with E-state index in [-0.39, 0.29) is 11.9 Å². The molecule has 1 N–H and O–H groups in total. The third-order valence-corrected chi connectivity index (χ3v) is 3.28. The summed E-state index contributed by atoms with van der Waals surface area (Å²) >= 11 is 1.64. The van der Waals surface area contributed by atoms with Crippen molar-refractivity contribution < 1.29 is 4.39 Å². The molecule has 2 rings (SSSR count). The fraction of sp³-hybridized carbons (Fsp3) is 0.250. The van der Waals surface area contributed by atoms with Gasteiger partial charge < -0.3 is 5.32 Å². The van der Waals surface area contributed by atoms with Crippen molar-refractivity contribution in [2.75, 3.05) is 7.05 Å². The quantitative estimate of drug-likeness (QED) is 0.883. The van der Waals surface area contributed by atoms with Crippen LogP contribution >= 0.6 is 11.3 Å². The fourth-order valence-electron chi connectivity index (χ4n) is 1.61. The van der Waals surface area contributed by atoms with Gasteiger partial charge in [-0.05, 0) is 24.7 Å². The first kappa shape index (κ1) is 11.2. The highest BCUT2D eigenvalue weighted by Gasteiger charge is 2.11. The lowest BCUT2D eigenvalue weighted by Gasteiger charge is -2.15. The summed E-state index contributed by atoms with van der Waals surface area (Å²) in [6.07, 6.45) is 2.64. The molecule has 1 atom stereocenters. The van der Waals surface area contributed by atoms with Gasteiger partial charge in [-0.3, -0.25) is 0 Å². The minimum Gasteiger partial charge on any atom is -0.313 e. The van der Waals surface area contributed by atoms with Crippen molar-refractivity contribution in [3.63, 3.8) is 0 Å². The fourth-order valence-corrected chi connectivity index (χ4v) is 2.27. The molecule has 1 heterocycles. The molecule has 84 valence electrons. The molecule has 1 aromatic carbocycles. The number of nitrogens with zero attached hydrogens (tertiary/aromatic N) is 1. The van der Waals surface area contributed by atoms with Crippen LogP contribution in [0.15, 0.2) is 35.8 Å². The molecule has 0 fully saturated rings. The first-order chi connectivity index (χ1) is 7.79. The smallest absolute Gasteiger partial charge is 0.123 e. The summed E-state index contributed by atoms with van der Waals surface area (Å²) in [5.41, 5.74) is 1.08. The van der Waals surface area contributed by atoms with Crippen molar-refractivity contribution in [2.24, 2.45) is 0 Å². The lowest BCUT2D eigenvalue weighted by Crippen LogP contribution is -2.18. The Kier molecular flexibility index (Phi) is 3.64. The molecule has 0 radical (unpaired) electrons. The lowest BCUT2D eigenvalue weighted by atomic mass is 10.0. The number of rotatable bonds is 4. The van der Waals surface area contributed by atoms with Crippen molar-refractivity contribution >= 4 is 11.3 Å². The molecule has 1 aromatic heterocycles. The van der Waals surface area contributed by atoms with E-state index in [0.717, 1.165) is 17.0 Å². The Morgan fingerprint density at radius 2 is 2.12 bits per heavy atom. The second kappa shape index (κ2) is 5.18. The molecule has 0 aliphatic carbocycles. The average Bonchev–Trinajstić information content (AvgIpc) is 2.80. The summed E-state index contributed by atoms with van der Waals surface area (Å²) in [6.45, 7) is 0. The first-order valence-electron chi connectivity index (χ1n) is 5.10. The maximum atomic E-state index is 12.8. The van der Waals surface area contributed by atoms with Gasteiger partial charge in [0.05, 0.1) is 5.01 Å². The molecular weight excluding hydrogens is 223 g/mol. The number of hydrogen-bond donors (Lipinski definition) is 1. The van der Waals surface area contributed by atoms with Gasteiger partial charge in [0.25, 0.3) is 0 Å². The minimum atomic E-state index is -0.201. The molecule has 0 amide bonds. The zero-order chi connectivity index (χ0) is 11.4. The molecule has 0 saturated carbocycles. The van der Waals surface area contributed by atoms with Gasteiger partial charge in [-0.2, -0.15) is 0 Å². The van der Waals surface area contributed by atoms with E-state index in [9.17, 15) is 4.39 Å². The number of likely N-dealkylation sites (N-methyl/N-ethyl adjacent to an activating group) is 1. The first-order valence-corrected chi connectivity index (χ1v) is 5.98. The van der Waals surface area contributed by atoms with E-state index in [1.54, 1.807) is 17.5 Å². The van der Waals surface area contributed by atoms with E-state index in [4.69, 9.17) is 0 Å². The molecule has 1 unspecified atom stereocenters. The van der Waals surface area contributed by atoms with E-state index in [2.05, 4.69) is 10.3 Å². The van der Waals surface area contributed by atoms with Crippen LogP contribution < -0.4 is 5.32 Å². The Hall–Kier alpha value is -1.26. The van der Waals surface area contributed by atoms with Gasteiger partial charge in [0, 0.05) is 24.0 Å². The molecule has 0 spiro atoms. The SMILES string of the molecule is CNC(Cc1nccs1)c1ccc(F)cc1. The van der Waals surface area contributed by atoms with E-state index in [1.165, 1.54) is 12.1 Å². The maximum absolute atomic E-state index is 12.8. The molecule has 2 aromatic rings. The van der Waals surface area contributed by atoms with Crippen molar-refractivity contribution in [2.45, 2.75) is 12.5 Å². The van der Waals surface area contributed by atoms with E-state index in [0.29, 0.717) is 0 Å². The van der Waals surface area contributed by atoms with Crippen LogP contribution in [0.1, 0.15) is 16.6 Å². The monoisotopic (exact) mass is 236 g/mol.